The number of cyclic esters (lactones) is 1. The van der Waals surface area contributed by atoms with Gasteiger partial charge in [0.1, 0.15) is 6.61 Å². The lowest BCUT2D eigenvalue weighted by atomic mass is 9.98. The number of ether oxygens (including phenoxy) is 3. The summed E-state index contributed by atoms with van der Waals surface area (Å²) in [4.78, 5) is 24.7. The van der Waals surface area contributed by atoms with Crippen molar-refractivity contribution in [1.82, 2.24) is 0 Å². The summed E-state index contributed by atoms with van der Waals surface area (Å²) < 4.78 is 17.2. The first-order valence-electron chi connectivity index (χ1n) is 11.4. The predicted octanol–water partition coefficient (Wildman–Crippen LogP) is 5.27. The van der Waals surface area contributed by atoms with E-state index < -0.39 is 5.60 Å². The Bertz CT molecular complexity index is 712. The van der Waals surface area contributed by atoms with Crippen LogP contribution in [-0.2, 0) is 30.4 Å². The molecule has 1 aromatic carbocycles. The molecule has 0 spiro atoms. The number of allylic oxidation sites excluding steroid dienone is 1. The van der Waals surface area contributed by atoms with Crippen LogP contribution in [0.1, 0.15) is 76.2 Å². The third kappa shape index (κ3) is 7.28. The van der Waals surface area contributed by atoms with Crippen molar-refractivity contribution in [2.45, 2.75) is 82.8 Å². The standard InChI is InChI=1S/C25H34O5/c26-23-16-12-7-5-3-1-2-4-6-11-15-22-17-25(20-29-23,30-24(22)27)19-28-18-21-13-9-8-10-14-21/h8-10,13-15H,1-7,11-12,16-20H2/b22-15+. The molecule has 5 nitrogen and oxygen atoms in total. The average molecular weight is 415 g/mol. The van der Waals surface area contributed by atoms with E-state index in [1.807, 2.05) is 36.4 Å². The first-order chi connectivity index (χ1) is 14.7. The van der Waals surface area contributed by atoms with Crippen molar-refractivity contribution in [3.05, 3.63) is 47.5 Å². The third-order valence-corrected chi connectivity index (χ3v) is 5.78. The molecule has 0 aliphatic carbocycles. The zero-order valence-electron chi connectivity index (χ0n) is 17.9. The van der Waals surface area contributed by atoms with Crippen LogP contribution in [0.4, 0.5) is 0 Å². The molecular weight excluding hydrogens is 380 g/mol. The molecule has 2 aliphatic heterocycles. The van der Waals surface area contributed by atoms with Gasteiger partial charge in [0.25, 0.3) is 0 Å². The van der Waals surface area contributed by atoms with E-state index in [1.165, 1.54) is 32.1 Å². The second kappa shape index (κ2) is 11.9. The minimum Gasteiger partial charge on any atom is -0.461 e. The van der Waals surface area contributed by atoms with Crippen LogP contribution in [0.5, 0.6) is 0 Å². The Morgan fingerprint density at radius 3 is 2.37 bits per heavy atom. The van der Waals surface area contributed by atoms with Crippen LogP contribution in [-0.4, -0.2) is 30.8 Å². The third-order valence-electron chi connectivity index (χ3n) is 5.78. The van der Waals surface area contributed by atoms with Crippen LogP contribution in [0.2, 0.25) is 0 Å². The van der Waals surface area contributed by atoms with E-state index in [2.05, 4.69) is 0 Å². The van der Waals surface area contributed by atoms with Crippen LogP contribution in [0, 0.1) is 0 Å². The van der Waals surface area contributed by atoms with Gasteiger partial charge in [0, 0.05) is 18.4 Å². The maximum atomic E-state index is 12.5. The van der Waals surface area contributed by atoms with Gasteiger partial charge in [-0.05, 0) is 24.8 Å². The van der Waals surface area contributed by atoms with Crippen molar-refractivity contribution >= 4 is 11.9 Å². The normalized spacial score (nSPS) is 26.2. The van der Waals surface area contributed by atoms with E-state index >= 15 is 0 Å². The Balaban J connectivity index is 1.64. The van der Waals surface area contributed by atoms with Gasteiger partial charge in [-0.3, -0.25) is 4.79 Å². The van der Waals surface area contributed by atoms with Crippen molar-refractivity contribution < 1.29 is 23.8 Å². The molecule has 0 N–H and O–H groups in total. The summed E-state index contributed by atoms with van der Waals surface area (Å²) in [5.74, 6) is -0.536. The van der Waals surface area contributed by atoms with E-state index in [0.29, 0.717) is 25.0 Å². The average Bonchev–Trinajstić information content (AvgIpc) is 3.06. The summed E-state index contributed by atoms with van der Waals surface area (Å²) in [7, 11) is 0. The maximum Gasteiger partial charge on any atom is 0.334 e. The highest BCUT2D eigenvalue weighted by molar-refractivity contribution is 5.91. The molecule has 5 heteroatoms. The minimum absolute atomic E-state index is 0.0453. The molecule has 1 fully saturated rings. The van der Waals surface area contributed by atoms with Crippen molar-refractivity contribution in [2.75, 3.05) is 13.2 Å². The molecule has 3 rings (SSSR count). The van der Waals surface area contributed by atoms with Crippen molar-refractivity contribution in [3.8, 4) is 0 Å². The number of carbonyl (C=O) groups excluding carboxylic acids is 2. The van der Waals surface area contributed by atoms with Crippen LogP contribution in [0.3, 0.4) is 0 Å². The second-order valence-corrected chi connectivity index (χ2v) is 8.48. The monoisotopic (exact) mass is 414 g/mol. The molecule has 2 heterocycles. The maximum absolute atomic E-state index is 12.5. The van der Waals surface area contributed by atoms with Gasteiger partial charge < -0.3 is 14.2 Å². The first-order valence-corrected chi connectivity index (χ1v) is 11.4. The fraction of sp³-hybridized carbons (Fsp3) is 0.600. The largest absolute Gasteiger partial charge is 0.461 e. The van der Waals surface area contributed by atoms with E-state index in [4.69, 9.17) is 14.2 Å². The van der Waals surface area contributed by atoms with Crippen LogP contribution >= 0.6 is 0 Å². The van der Waals surface area contributed by atoms with Crippen molar-refractivity contribution in [1.29, 1.82) is 0 Å². The molecule has 2 aliphatic rings. The molecule has 1 saturated heterocycles. The number of fused-ring (bicyclic) bond motifs is 2. The lowest BCUT2D eigenvalue weighted by Crippen LogP contribution is -2.40. The molecule has 1 aromatic rings. The summed E-state index contributed by atoms with van der Waals surface area (Å²) in [6, 6.07) is 9.87. The summed E-state index contributed by atoms with van der Waals surface area (Å²) in [5.41, 5.74) is 0.801. The Morgan fingerprint density at radius 2 is 1.60 bits per heavy atom. The van der Waals surface area contributed by atoms with Crippen molar-refractivity contribution in [3.63, 3.8) is 0 Å². The molecule has 1 unspecified atom stereocenters. The number of carbonyl (C=O) groups is 2. The fourth-order valence-electron chi connectivity index (χ4n) is 4.04. The van der Waals surface area contributed by atoms with Gasteiger partial charge in [0.15, 0.2) is 5.60 Å². The molecular formula is C25H34O5. The van der Waals surface area contributed by atoms with Gasteiger partial charge in [-0.2, -0.15) is 0 Å². The highest BCUT2D eigenvalue weighted by Gasteiger charge is 2.45. The number of hydrogen-bond donors (Lipinski definition) is 0. The predicted molar refractivity (Wildman–Crippen MR) is 115 cm³/mol. The SMILES string of the molecule is O=C1CCCCCCCCCC/C=C2\CC(COCc3ccccc3)(CO1)OC2=O. The van der Waals surface area contributed by atoms with Crippen molar-refractivity contribution in [2.24, 2.45) is 0 Å². The Hall–Kier alpha value is -2.14. The zero-order chi connectivity index (χ0) is 21.1. The van der Waals surface area contributed by atoms with E-state index in [9.17, 15) is 9.59 Å². The van der Waals surface area contributed by atoms with Gasteiger partial charge in [-0.1, -0.05) is 74.9 Å². The van der Waals surface area contributed by atoms with E-state index in [0.717, 1.165) is 31.2 Å². The van der Waals surface area contributed by atoms with E-state index in [-0.39, 0.29) is 25.2 Å². The van der Waals surface area contributed by atoms with E-state index in [1.54, 1.807) is 0 Å². The minimum atomic E-state index is -0.929. The van der Waals surface area contributed by atoms with Gasteiger partial charge in [0.05, 0.1) is 13.2 Å². The van der Waals surface area contributed by atoms with Gasteiger partial charge in [0.2, 0.25) is 0 Å². The van der Waals surface area contributed by atoms with Gasteiger partial charge in [-0.25, -0.2) is 4.79 Å². The molecule has 0 saturated carbocycles. The first kappa shape index (κ1) is 22.5. The quantitative estimate of drug-likeness (QED) is 0.628. The molecule has 0 radical (unpaired) electrons. The topological polar surface area (TPSA) is 61.8 Å². The Morgan fingerprint density at radius 1 is 0.900 bits per heavy atom. The number of rotatable bonds is 4. The molecule has 2 bridgehead atoms. The summed E-state index contributed by atoms with van der Waals surface area (Å²) in [6.45, 7) is 0.676. The number of benzene rings is 1. The fourth-order valence-corrected chi connectivity index (χ4v) is 4.04. The summed E-state index contributed by atoms with van der Waals surface area (Å²) >= 11 is 0. The lowest BCUT2D eigenvalue weighted by Gasteiger charge is -2.26. The lowest BCUT2D eigenvalue weighted by molar-refractivity contribution is -0.169. The zero-order valence-corrected chi connectivity index (χ0v) is 17.9. The molecule has 0 aromatic heterocycles. The molecule has 164 valence electrons. The summed E-state index contributed by atoms with van der Waals surface area (Å²) in [5, 5.41) is 0. The van der Waals surface area contributed by atoms with Crippen LogP contribution in [0.25, 0.3) is 0 Å². The second-order valence-electron chi connectivity index (χ2n) is 8.48. The van der Waals surface area contributed by atoms with Gasteiger partial charge in [-0.15, -0.1) is 0 Å². The summed E-state index contributed by atoms with van der Waals surface area (Å²) in [6.07, 6.45) is 12.8. The Kier molecular flexibility index (Phi) is 8.94. The highest BCUT2D eigenvalue weighted by Crippen LogP contribution is 2.33. The van der Waals surface area contributed by atoms with Crippen LogP contribution in [0.15, 0.2) is 42.0 Å². The number of hydrogen-bond acceptors (Lipinski definition) is 5. The Labute approximate surface area is 179 Å². The van der Waals surface area contributed by atoms with Gasteiger partial charge >= 0.3 is 11.9 Å². The number of esters is 2. The highest BCUT2D eigenvalue weighted by atomic mass is 16.6. The molecule has 1 atom stereocenters. The smallest absolute Gasteiger partial charge is 0.334 e. The molecule has 0 amide bonds. The van der Waals surface area contributed by atoms with Crippen LogP contribution < -0.4 is 0 Å². The molecule has 30 heavy (non-hydrogen) atoms.